The fraction of sp³-hybridized carbons (Fsp3) is 0.400. The van der Waals surface area contributed by atoms with E-state index in [1.165, 1.54) is 0 Å². The van der Waals surface area contributed by atoms with E-state index in [4.69, 9.17) is 0 Å². The fourth-order valence-corrected chi connectivity index (χ4v) is 1.56. The molecule has 5 heteroatoms. The van der Waals surface area contributed by atoms with Gasteiger partial charge in [0, 0.05) is 25.9 Å². The highest BCUT2D eigenvalue weighted by atomic mass is 15.3. The van der Waals surface area contributed by atoms with E-state index in [0.29, 0.717) is 0 Å². The van der Waals surface area contributed by atoms with Crippen LogP contribution in [0.15, 0.2) is 18.5 Å². The van der Waals surface area contributed by atoms with Gasteiger partial charge >= 0.3 is 0 Å². The lowest BCUT2D eigenvalue weighted by Crippen LogP contribution is -2.08. The van der Waals surface area contributed by atoms with E-state index in [1.54, 1.807) is 6.20 Å². The third-order valence-corrected chi connectivity index (χ3v) is 2.20. The highest BCUT2D eigenvalue weighted by Gasteiger charge is 2.08. The molecular formula is C10H15N5. The van der Waals surface area contributed by atoms with Crippen LogP contribution in [-0.2, 0) is 7.05 Å². The second-order valence-corrected chi connectivity index (χ2v) is 3.42. The van der Waals surface area contributed by atoms with Crippen molar-refractivity contribution in [1.29, 1.82) is 0 Å². The van der Waals surface area contributed by atoms with Crippen LogP contribution in [0.2, 0.25) is 0 Å². The van der Waals surface area contributed by atoms with Crippen molar-refractivity contribution in [2.24, 2.45) is 7.05 Å². The predicted molar refractivity (Wildman–Crippen MR) is 59.2 cm³/mol. The maximum absolute atomic E-state index is 4.41. The van der Waals surface area contributed by atoms with Gasteiger partial charge in [-0.05, 0) is 13.8 Å². The lowest BCUT2D eigenvalue weighted by molar-refractivity contribution is 0.730. The van der Waals surface area contributed by atoms with Gasteiger partial charge in [-0.3, -0.25) is 9.25 Å². The fourth-order valence-electron chi connectivity index (χ4n) is 1.56. The van der Waals surface area contributed by atoms with Crippen LogP contribution in [0.25, 0.3) is 5.82 Å². The number of nitrogens with zero attached hydrogens (tertiary/aromatic N) is 4. The first-order valence-electron chi connectivity index (χ1n) is 5.00. The van der Waals surface area contributed by atoms with Crippen molar-refractivity contribution < 1.29 is 0 Å². The lowest BCUT2D eigenvalue weighted by atomic mass is 10.5. The Labute approximate surface area is 88.7 Å². The Hall–Kier alpha value is -1.78. The Kier molecular flexibility index (Phi) is 2.45. The zero-order valence-corrected chi connectivity index (χ0v) is 9.23. The van der Waals surface area contributed by atoms with Gasteiger partial charge in [-0.25, -0.2) is 4.98 Å². The van der Waals surface area contributed by atoms with Crippen molar-refractivity contribution in [2.75, 3.05) is 11.9 Å². The standard InChI is InChI=1S/C10H15N5/c1-4-11-10-13-8(2)7-15(10)9-5-6-12-14(9)3/h5-7H,4H2,1-3H3,(H,11,13). The molecule has 15 heavy (non-hydrogen) atoms. The molecule has 0 aliphatic carbocycles. The summed E-state index contributed by atoms with van der Waals surface area (Å²) in [7, 11) is 1.92. The molecular weight excluding hydrogens is 190 g/mol. The van der Waals surface area contributed by atoms with Crippen molar-refractivity contribution in [3.63, 3.8) is 0 Å². The number of anilines is 1. The van der Waals surface area contributed by atoms with Crippen molar-refractivity contribution in [1.82, 2.24) is 19.3 Å². The van der Waals surface area contributed by atoms with E-state index < -0.39 is 0 Å². The van der Waals surface area contributed by atoms with Crippen molar-refractivity contribution in [3.8, 4) is 5.82 Å². The number of hydrogen-bond acceptors (Lipinski definition) is 3. The molecule has 2 rings (SSSR count). The number of aromatic nitrogens is 4. The molecule has 80 valence electrons. The number of aryl methyl sites for hydroxylation is 2. The Morgan fingerprint density at radius 2 is 2.27 bits per heavy atom. The van der Waals surface area contributed by atoms with Crippen LogP contribution >= 0.6 is 0 Å². The molecule has 0 aliphatic heterocycles. The smallest absolute Gasteiger partial charge is 0.208 e. The van der Waals surface area contributed by atoms with Gasteiger partial charge in [0.2, 0.25) is 5.95 Å². The summed E-state index contributed by atoms with van der Waals surface area (Å²) in [6, 6.07) is 1.96. The van der Waals surface area contributed by atoms with Gasteiger partial charge in [-0.15, -0.1) is 0 Å². The van der Waals surface area contributed by atoms with E-state index in [2.05, 4.69) is 22.3 Å². The van der Waals surface area contributed by atoms with Gasteiger partial charge in [0.1, 0.15) is 5.82 Å². The molecule has 0 saturated carbocycles. The summed E-state index contributed by atoms with van der Waals surface area (Å²) in [4.78, 5) is 4.41. The first kappa shape index (κ1) is 9.76. The first-order valence-corrected chi connectivity index (χ1v) is 5.00. The molecule has 0 spiro atoms. The average molecular weight is 205 g/mol. The predicted octanol–water partition coefficient (Wildman–Crippen LogP) is 1.35. The average Bonchev–Trinajstić information content (AvgIpc) is 2.73. The number of nitrogens with one attached hydrogen (secondary N) is 1. The Bertz CT molecular complexity index is 454. The molecule has 0 aromatic carbocycles. The molecule has 0 amide bonds. The normalized spacial score (nSPS) is 10.6. The van der Waals surface area contributed by atoms with Gasteiger partial charge in [0.05, 0.1) is 11.9 Å². The van der Waals surface area contributed by atoms with Crippen LogP contribution in [0.1, 0.15) is 12.6 Å². The maximum atomic E-state index is 4.41. The molecule has 2 aromatic heterocycles. The van der Waals surface area contributed by atoms with Crippen LogP contribution < -0.4 is 5.32 Å². The molecule has 0 atom stereocenters. The molecule has 2 aromatic rings. The van der Waals surface area contributed by atoms with Gasteiger partial charge in [0.15, 0.2) is 0 Å². The maximum Gasteiger partial charge on any atom is 0.208 e. The van der Waals surface area contributed by atoms with E-state index in [9.17, 15) is 0 Å². The lowest BCUT2D eigenvalue weighted by Gasteiger charge is -2.07. The summed E-state index contributed by atoms with van der Waals surface area (Å²) in [5.74, 6) is 1.87. The summed E-state index contributed by atoms with van der Waals surface area (Å²) in [6.07, 6.45) is 3.77. The van der Waals surface area contributed by atoms with Crippen molar-refractivity contribution in [2.45, 2.75) is 13.8 Å². The molecule has 0 fully saturated rings. The molecule has 0 radical (unpaired) electrons. The highest BCUT2D eigenvalue weighted by molar-refractivity contribution is 5.38. The third-order valence-electron chi connectivity index (χ3n) is 2.20. The number of hydrogen-bond donors (Lipinski definition) is 1. The second kappa shape index (κ2) is 3.76. The Balaban J connectivity index is 2.47. The van der Waals surface area contributed by atoms with Crippen LogP contribution in [0.3, 0.4) is 0 Å². The minimum absolute atomic E-state index is 0.855. The van der Waals surface area contributed by atoms with Gasteiger partial charge in [0.25, 0.3) is 0 Å². The largest absolute Gasteiger partial charge is 0.356 e. The minimum atomic E-state index is 0.855. The molecule has 1 N–H and O–H groups in total. The van der Waals surface area contributed by atoms with Crippen LogP contribution in [0.4, 0.5) is 5.95 Å². The molecule has 0 saturated heterocycles. The zero-order chi connectivity index (χ0) is 10.8. The van der Waals surface area contributed by atoms with E-state index in [1.807, 2.05) is 35.5 Å². The van der Waals surface area contributed by atoms with E-state index in [-0.39, 0.29) is 0 Å². The van der Waals surface area contributed by atoms with Gasteiger partial charge < -0.3 is 5.32 Å². The number of imidazole rings is 1. The topological polar surface area (TPSA) is 47.7 Å². The monoisotopic (exact) mass is 205 g/mol. The Morgan fingerprint density at radius 1 is 1.47 bits per heavy atom. The molecule has 2 heterocycles. The Morgan fingerprint density at radius 3 is 2.87 bits per heavy atom. The van der Waals surface area contributed by atoms with Crippen LogP contribution in [0, 0.1) is 6.92 Å². The van der Waals surface area contributed by atoms with Crippen LogP contribution in [-0.4, -0.2) is 25.9 Å². The van der Waals surface area contributed by atoms with E-state index >= 15 is 0 Å². The van der Waals surface area contributed by atoms with Crippen molar-refractivity contribution >= 4 is 5.95 Å². The van der Waals surface area contributed by atoms with E-state index in [0.717, 1.165) is 24.0 Å². The summed E-state index contributed by atoms with van der Waals surface area (Å²) < 4.78 is 3.83. The third kappa shape index (κ3) is 1.72. The minimum Gasteiger partial charge on any atom is -0.356 e. The van der Waals surface area contributed by atoms with Gasteiger partial charge in [-0.1, -0.05) is 0 Å². The zero-order valence-electron chi connectivity index (χ0n) is 9.23. The molecule has 5 nitrogen and oxygen atoms in total. The summed E-state index contributed by atoms with van der Waals surface area (Å²) in [5, 5.41) is 7.37. The summed E-state index contributed by atoms with van der Waals surface area (Å²) in [6.45, 7) is 4.89. The SMILES string of the molecule is CCNc1nc(C)cn1-c1ccnn1C. The highest BCUT2D eigenvalue weighted by Crippen LogP contribution is 2.15. The molecule has 0 aliphatic rings. The van der Waals surface area contributed by atoms with Gasteiger partial charge in [-0.2, -0.15) is 5.10 Å². The second-order valence-electron chi connectivity index (χ2n) is 3.42. The van der Waals surface area contributed by atoms with Crippen LogP contribution in [0.5, 0.6) is 0 Å². The van der Waals surface area contributed by atoms with Crippen molar-refractivity contribution in [3.05, 3.63) is 24.2 Å². The number of rotatable bonds is 3. The quantitative estimate of drug-likeness (QED) is 0.822. The first-order chi connectivity index (χ1) is 7.22. The molecule has 0 bridgehead atoms. The molecule has 0 unspecified atom stereocenters. The summed E-state index contributed by atoms with van der Waals surface area (Å²) >= 11 is 0. The summed E-state index contributed by atoms with van der Waals surface area (Å²) in [5.41, 5.74) is 0.993.